The molecule has 1 heterocycles. The Kier molecular flexibility index (Phi) is 4.66. The Morgan fingerprint density at radius 1 is 1.00 bits per heavy atom. The molecule has 0 saturated carbocycles. The highest BCUT2D eigenvalue weighted by Gasteiger charge is 2.10. The summed E-state index contributed by atoms with van der Waals surface area (Å²) in [7, 11) is 0. The third kappa shape index (κ3) is 2.92. The SMILES string of the molecule is CCN(CCCCN)c1ccc2ccc3c(=O)[nH][nH]c(=O)c3c2c1. The molecule has 1 aromatic heterocycles. The Balaban J connectivity index is 2.15. The zero-order chi connectivity index (χ0) is 17.1. The molecule has 6 heteroatoms. The molecule has 0 unspecified atom stereocenters. The van der Waals surface area contributed by atoms with E-state index in [9.17, 15) is 9.59 Å². The number of H-pyrrole nitrogens is 2. The molecular weight excluding hydrogens is 304 g/mol. The highest BCUT2D eigenvalue weighted by molar-refractivity contribution is 6.07. The van der Waals surface area contributed by atoms with E-state index in [0.717, 1.165) is 42.4 Å². The molecule has 0 bridgehead atoms. The molecule has 0 spiro atoms. The number of hydrogen-bond acceptors (Lipinski definition) is 4. The minimum atomic E-state index is -0.285. The van der Waals surface area contributed by atoms with E-state index in [1.807, 2.05) is 18.2 Å². The number of unbranched alkanes of at least 4 members (excludes halogenated alkanes) is 1. The van der Waals surface area contributed by atoms with Crippen LogP contribution in [-0.4, -0.2) is 29.8 Å². The van der Waals surface area contributed by atoms with Gasteiger partial charge in [0.25, 0.3) is 11.1 Å². The van der Waals surface area contributed by atoms with Crippen molar-refractivity contribution in [3.63, 3.8) is 0 Å². The van der Waals surface area contributed by atoms with E-state index in [-0.39, 0.29) is 11.1 Å². The minimum Gasteiger partial charge on any atom is -0.372 e. The number of anilines is 1. The molecule has 3 aromatic rings. The molecule has 3 rings (SSSR count). The van der Waals surface area contributed by atoms with Gasteiger partial charge in [-0.1, -0.05) is 12.1 Å². The predicted octanol–water partition coefficient (Wildman–Crippen LogP) is 1.93. The van der Waals surface area contributed by atoms with Gasteiger partial charge in [-0.25, -0.2) is 0 Å². The van der Waals surface area contributed by atoms with Crippen molar-refractivity contribution in [2.75, 3.05) is 24.5 Å². The van der Waals surface area contributed by atoms with Crippen molar-refractivity contribution >= 4 is 27.2 Å². The maximum atomic E-state index is 12.3. The number of aromatic nitrogens is 2. The Labute approximate surface area is 139 Å². The monoisotopic (exact) mass is 326 g/mol. The fraction of sp³-hybridized carbons (Fsp3) is 0.333. The van der Waals surface area contributed by atoms with Crippen LogP contribution in [0, 0.1) is 0 Å². The molecule has 0 saturated heterocycles. The lowest BCUT2D eigenvalue weighted by Crippen LogP contribution is -2.24. The summed E-state index contributed by atoms with van der Waals surface area (Å²) in [6.45, 7) is 4.59. The summed E-state index contributed by atoms with van der Waals surface area (Å²) >= 11 is 0. The minimum absolute atomic E-state index is 0.279. The first-order valence-corrected chi connectivity index (χ1v) is 8.28. The molecule has 0 atom stereocenters. The standard InChI is InChI=1S/C18H22N4O2/c1-2-22(10-4-3-9-19)13-7-5-12-6-8-14-16(15(12)11-13)18(24)21-20-17(14)23/h5-8,11H,2-4,9-10,19H2,1H3,(H,20,23)(H,21,24). The van der Waals surface area contributed by atoms with Crippen LogP contribution in [0.25, 0.3) is 21.5 Å². The van der Waals surface area contributed by atoms with Gasteiger partial charge in [0.15, 0.2) is 0 Å². The van der Waals surface area contributed by atoms with Gasteiger partial charge < -0.3 is 10.6 Å². The van der Waals surface area contributed by atoms with Gasteiger partial charge in [0.05, 0.1) is 10.8 Å². The van der Waals surface area contributed by atoms with Crippen LogP contribution in [0.4, 0.5) is 5.69 Å². The van der Waals surface area contributed by atoms with Crippen LogP contribution in [0.3, 0.4) is 0 Å². The molecule has 126 valence electrons. The normalized spacial score (nSPS) is 11.2. The van der Waals surface area contributed by atoms with Crippen LogP contribution < -0.4 is 21.8 Å². The molecular formula is C18H22N4O2. The fourth-order valence-corrected chi connectivity index (χ4v) is 3.10. The van der Waals surface area contributed by atoms with Crippen LogP contribution in [0.5, 0.6) is 0 Å². The molecule has 6 nitrogen and oxygen atoms in total. The number of aromatic amines is 2. The van der Waals surface area contributed by atoms with Gasteiger partial charge in [0, 0.05) is 18.8 Å². The van der Waals surface area contributed by atoms with Crippen LogP contribution in [-0.2, 0) is 0 Å². The average Bonchev–Trinajstić information content (AvgIpc) is 2.61. The molecule has 0 aliphatic rings. The van der Waals surface area contributed by atoms with E-state index < -0.39 is 0 Å². The van der Waals surface area contributed by atoms with Crippen molar-refractivity contribution in [1.29, 1.82) is 0 Å². The Bertz CT molecular complexity index is 974. The van der Waals surface area contributed by atoms with Crippen LogP contribution in [0.1, 0.15) is 19.8 Å². The molecule has 4 N–H and O–H groups in total. The molecule has 0 amide bonds. The van der Waals surface area contributed by atoms with Crippen molar-refractivity contribution in [2.45, 2.75) is 19.8 Å². The summed E-state index contributed by atoms with van der Waals surface area (Å²) in [5, 5.41) is 7.39. The zero-order valence-corrected chi connectivity index (χ0v) is 13.8. The van der Waals surface area contributed by atoms with Crippen LogP contribution >= 0.6 is 0 Å². The fourth-order valence-electron chi connectivity index (χ4n) is 3.10. The smallest absolute Gasteiger partial charge is 0.271 e. The van der Waals surface area contributed by atoms with Gasteiger partial charge in [-0.15, -0.1) is 0 Å². The highest BCUT2D eigenvalue weighted by atomic mass is 16.1. The van der Waals surface area contributed by atoms with E-state index in [4.69, 9.17) is 5.73 Å². The van der Waals surface area contributed by atoms with Crippen molar-refractivity contribution in [1.82, 2.24) is 10.2 Å². The predicted molar refractivity (Wildman–Crippen MR) is 98.9 cm³/mol. The van der Waals surface area contributed by atoms with E-state index in [1.165, 1.54) is 0 Å². The van der Waals surface area contributed by atoms with Gasteiger partial charge in [0.2, 0.25) is 0 Å². The number of hydrogen-bond donors (Lipinski definition) is 3. The second-order valence-corrected chi connectivity index (χ2v) is 5.88. The van der Waals surface area contributed by atoms with E-state index in [0.29, 0.717) is 17.3 Å². The summed E-state index contributed by atoms with van der Waals surface area (Å²) in [4.78, 5) is 26.5. The van der Waals surface area contributed by atoms with Gasteiger partial charge in [-0.2, -0.15) is 0 Å². The van der Waals surface area contributed by atoms with Crippen LogP contribution in [0.2, 0.25) is 0 Å². The van der Waals surface area contributed by atoms with Gasteiger partial charge >= 0.3 is 0 Å². The first-order chi connectivity index (χ1) is 11.7. The summed E-state index contributed by atoms with van der Waals surface area (Å²) in [6, 6.07) is 9.63. The third-order valence-electron chi connectivity index (χ3n) is 4.40. The molecule has 0 aliphatic heterocycles. The lowest BCUT2D eigenvalue weighted by molar-refractivity contribution is 0.704. The summed E-state index contributed by atoms with van der Waals surface area (Å²) in [5.74, 6) is 0. The molecule has 0 aliphatic carbocycles. The summed E-state index contributed by atoms with van der Waals surface area (Å²) in [5.41, 5.74) is 6.06. The number of nitrogens with two attached hydrogens (primary N) is 1. The van der Waals surface area contributed by atoms with Crippen molar-refractivity contribution < 1.29 is 0 Å². The van der Waals surface area contributed by atoms with E-state index >= 15 is 0 Å². The van der Waals surface area contributed by atoms with Gasteiger partial charge in [0.1, 0.15) is 0 Å². The van der Waals surface area contributed by atoms with Gasteiger partial charge in [-0.3, -0.25) is 19.8 Å². The Morgan fingerprint density at radius 2 is 1.75 bits per heavy atom. The topological polar surface area (TPSA) is 95.0 Å². The lowest BCUT2D eigenvalue weighted by Gasteiger charge is -2.23. The van der Waals surface area contributed by atoms with E-state index in [2.05, 4.69) is 28.1 Å². The zero-order valence-electron chi connectivity index (χ0n) is 13.8. The van der Waals surface area contributed by atoms with Gasteiger partial charge in [-0.05, 0) is 55.3 Å². The number of rotatable bonds is 6. The first-order valence-electron chi connectivity index (χ1n) is 8.28. The molecule has 0 fully saturated rings. The summed E-state index contributed by atoms with van der Waals surface area (Å²) < 4.78 is 0. The van der Waals surface area contributed by atoms with Crippen molar-refractivity contribution in [2.24, 2.45) is 5.73 Å². The number of nitrogens with zero attached hydrogens (tertiary/aromatic N) is 1. The largest absolute Gasteiger partial charge is 0.372 e. The highest BCUT2D eigenvalue weighted by Crippen LogP contribution is 2.26. The Hall–Kier alpha value is -2.60. The second-order valence-electron chi connectivity index (χ2n) is 5.88. The Morgan fingerprint density at radius 3 is 2.50 bits per heavy atom. The molecule has 0 radical (unpaired) electrons. The number of benzene rings is 2. The lowest BCUT2D eigenvalue weighted by atomic mass is 10.0. The van der Waals surface area contributed by atoms with Crippen molar-refractivity contribution in [3.05, 3.63) is 51.0 Å². The maximum absolute atomic E-state index is 12.3. The quantitative estimate of drug-likeness (QED) is 0.476. The molecule has 2 aromatic carbocycles. The third-order valence-corrected chi connectivity index (χ3v) is 4.40. The maximum Gasteiger partial charge on any atom is 0.271 e. The first kappa shape index (κ1) is 16.3. The second kappa shape index (κ2) is 6.88. The van der Waals surface area contributed by atoms with Crippen molar-refractivity contribution in [3.8, 4) is 0 Å². The average molecular weight is 326 g/mol. The van der Waals surface area contributed by atoms with Crippen LogP contribution in [0.15, 0.2) is 39.9 Å². The summed E-state index contributed by atoms with van der Waals surface area (Å²) in [6.07, 6.45) is 2.01. The number of fused-ring (bicyclic) bond motifs is 3. The van der Waals surface area contributed by atoms with E-state index in [1.54, 1.807) is 6.07 Å². The number of nitrogens with one attached hydrogen (secondary N) is 2. The molecule has 24 heavy (non-hydrogen) atoms.